The van der Waals surface area contributed by atoms with Gasteiger partial charge in [-0.25, -0.2) is 0 Å². The molecule has 0 aromatic rings. The van der Waals surface area contributed by atoms with Crippen LogP contribution in [0.2, 0.25) is 0 Å². The Bertz CT molecular complexity index is 151. The molecule has 1 aliphatic rings. The molecule has 1 aliphatic carbocycles. The first-order valence-corrected chi connectivity index (χ1v) is 6.60. The first-order valence-electron chi connectivity index (χ1n) is 6.60. The zero-order valence-corrected chi connectivity index (χ0v) is 10.8. The van der Waals surface area contributed by atoms with Gasteiger partial charge >= 0.3 is 0 Å². The summed E-state index contributed by atoms with van der Waals surface area (Å²) in [7, 11) is 2.26. The molecule has 2 nitrogen and oxygen atoms in total. The van der Waals surface area contributed by atoms with Crippen LogP contribution in [0.15, 0.2) is 0 Å². The van der Waals surface area contributed by atoms with E-state index in [1.54, 1.807) is 0 Å². The first kappa shape index (κ1) is 13.0. The third-order valence-electron chi connectivity index (χ3n) is 3.34. The topological polar surface area (TPSA) is 15.3 Å². The summed E-state index contributed by atoms with van der Waals surface area (Å²) in [6, 6.07) is 0.619. The molecule has 15 heavy (non-hydrogen) atoms. The molecule has 90 valence electrons. The summed E-state index contributed by atoms with van der Waals surface area (Å²) in [4.78, 5) is 2.49. The molecule has 1 fully saturated rings. The maximum absolute atomic E-state index is 3.47. The molecule has 0 bridgehead atoms. The molecule has 0 spiro atoms. The summed E-state index contributed by atoms with van der Waals surface area (Å²) >= 11 is 0. The Morgan fingerprint density at radius 2 is 1.87 bits per heavy atom. The van der Waals surface area contributed by atoms with Crippen LogP contribution in [0.4, 0.5) is 0 Å². The molecular weight excluding hydrogens is 184 g/mol. The van der Waals surface area contributed by atoms with Gasteiger partial charge in [0.25, 0.3) is 0 Å². The SMILES string of the molecule is CC(C)NCCN(C)CC1CCCCC1. The van der Waals surface area contributed by atoms with E-state index in [-0.39, 0.29) is 0 Å². The van der Waals surface area contributed by atoms with Crippen LogP contribution < -0.4 is 5.32 Å². The van der Waals surface area contributed by atoms with Crippen LogP contribution in [0.3, 0.4) is 0 Å². The molecule has 2 heteroatoms. The van der Waals surface area contributed by atoms with Crippen LogP contribution in [0.5, 0.6) is 0 Å². The molecule has 0 amide bonds. The fourth-order valence-corrected chi connectivity index (χ4v) is 2.45. The molecule has 0 unspecified atom stereocenters. The Balaban J connectivity index is 2.03. The van der Waals surface area contributed by atoms with Crippen LogP contribution in [0.25, 0.3) is 0 Å². The van der Waals surface area contributed by atoms with Crippen molar-refractivity contribution < 1.29 is 0 Å². The average Bonchev–Trinajstić information content (AvgIpc) is 2.18. The molecule has 0 saturated heterocycles. The number of nitrogens with one attached hydrogen (secondary N) is 1. The van der Waals surface area contributed by atoms with Gasteiger partial charge in [-0.1, -0.05) is 33.1 Å². The van der Waals surface area contributed by atoms with Crippen molar-refractivity contribution in [3.63, 3.8) is 0 Å². The predicted molar refractivity (Wildman–Crippen MR) is 67.2 cm³/mol. The maximum atomic E-state index is 3.47. The summed E-state index contributed by atoms with van der Waals surface area (Å²) < 4.78 is 0. The zero-order valence-electron chi connectivity index (χ0n) is 10.8. The van der Waals surface area contributed by atoms with E-state index in [1.807, 2.05) is 0 Å². The highest BCUT2D eigenvalue weighted by atomic mass is 15.1. The normalized spacial score (nSPS) is 19.0. The van der Waals surface area contributed by atoms with Crippen molar-refractivity contribution in [2.24, 2.45) is 5.92 Å². The Morgan fingerprint density at radius 3 is 2.47 bits per heavy atom. The van der Waals surface area contributed by atoms with Crippen LogP contribution >= 0.6 is 0 Å². The van der Waals surface area contributed by atoms with Crippen molar-refractivity contribution in [1.82, 2.24) is 10.2 Å². The lowest BCUT2D eigenvalue weighted by Crippen LogP contribution is -2.35. The smallest absolute Gasteiger partial charge is 0.0104 e. The highest BCUT2D eigenvalue weighted by molar-refractivity contribution is 4.69. The van der Waals surface area contributed by atoms with E-state index >= 15 is 0 Å². The summed E-state index contributed by atoms with van der Waals surface area (Å²) in [5.41, 5.74) is 0. The van der Waals surface area contributed by atoms with Gasteiger partial charge in [-0.3, -0.25) is 0 Å². The lowest BCUT2D eigenvalue weighted by atomic mass is 9.89. The van der Waals surface area contributed by atoms with Gasteiger partial charge in [-0.15, -0.1) is 0 Å². The van der Waals surface area contributed by atoms with E-state index in [9.17, 15) is 0 Å². The summed E-state index contributed by atoms with van der Waals surface area (Å²) in [6.45, 7) is 8.04. The zero-order chi connectivity index (χ0) is 11.1. The summed E-state index contributed by atoms with van der Waals surface area (Å²) in [6.07, 6.45) is 7.31. The van der Waals surface area contributed by atoms with Gasteiger partial charge < -0.3 is 10.2 Å². The van der Waals surface area contributed by atoms with Crippen molar-refractivity contribution in [3.05, 3.63) is 0 Å². The number of nitrogens with zero attached hydrogens (tertiary/aromatic N) is 1. The molecule has 0 aromatic heterocycles. The molecule has 0 radical (unpaired) electrons. The highest BCUT2D eigenvalue weighted by Crippen LogP contribution is 2.23. The Kier molecular flexibility index (Phi) is 6.26. The second kappa shape index (κ2) is 7.24. The molecule has 0 aromatic carbocycles. The Hall–Kier alpha value is -0.0800. The molecule has 1 saturated carbocycles. The minimum absolute atomic E-state index is 0.619. The maximum Gasteiger partial charge on any atom is 0.0104 e. The second-order valence-corrected chi connectivity index (χ2v) is 5.38. The lowest BCUT2D eigenvalue weighted by molar-refractivity contribution is 0.232. The van der Waals surface area contributed by atoms with Crippen molar-refractivity contribution in [1.29, 1.82) is 0 Å². The summed E-state index contributed by atoms with van der Waals surface area (Å²) in [5.74, 6) is 0.975. The van der Waals surface area contributed by atoms with Gasteiger partial charge in [-0.05, 0) is 25.8 Å². The molecule has 0 aliphatic heterocycles. The molecule has 1 rings (SSSR count). The number of likely N-dealkylation sites (N-methyl/N-ethyl adjacent to an activating group) is 1. The van der Waals surface area contributed by atoms with Gasteiger partial charge in [0.15, 0.2) is 0 Å². The predicted octanol–water partition coefficient (Wildman–Crippen LogP) is 2.50. The number of hydrogen-bond acceptors (Lipinski definition) is 2. The van der Waals surface area contributed by atoms with E-state index in [2.05, 4.69) is 31.1 Å². The van der Waals surface area contributed by atoms with E-state index in [4.69, 9.17) is 0 Å². The molecule has 0 heterocycles. The van der Waals surface area contributed by atoms with E-state index in [0.29, 0.717) is 6.04 Å². The van der Waals surface area contributed by atoms with Crippen molar-refractivity contribution in [2.45, 2.75) is 52.0 Å². The molecule has 1 N–H and O–H groups in total. The fourth-order valence-electron chi connectivity index (χ4n) is 2.45. The highest BCUT2D eigenvalue weighted by Gasteiger charge is 2.14. The van der Waals surface area contributed by atoms with Gasteiger partial charge in [-0.2, -0.15) is 0 Å². The third kappa shape index (κ3) is 6.16. The Morgan fingerprint density at radius 1 is 1.20 bits per heavy atom. The number of hydrogen-bond donors (Lipinski definition) is 1. The molecular formula is C13H28N2. The quantitative estimate of drug-likeness (QED) is 0.728. The fraction of sp³-hybridized carbons (Fsp3) is 1.00. The Labute approximate surface area is 95.4 Å². The molecule has 0 atom stereocenters. The van der Waals surface area contributed by atoms with E-state index in [1.165, 1.54) is 45.2 Å². The van der Waals surface area contributed by atoms with Crippen LogP contribution in [0, 0.1) is 5.92 Å². The van der Waals surface area contributed by atoms with Gasteiger partial charge in [0, 0.05) is 25.7 Å². The monoisotopic (exact) mass is 212 g/mol. The average molecular weight is 212 g/mol. The first-order chi connectivity index (χ1) is 7.18. The summed E-state index contributed by atoms with van der Waals surface area (Å²) in [5, 5.41) is 3.47. The van der Waals surface area contributed by atoms with Crippen molar-refractivity contribution >= 4 is 0 Å². The van der Waals surface area contributed by atoms with Crippen LogP contribution in [0.1, 0.15) is 46.0 Å². The van der Waals surface area contributed by atoms with Gasteiger partial charge in [0.2, 0.25) is 0 Å². The standard InChI is InChI=1S/C13H28N2/c1-12(2)14-9-10-15(3)11-13-7-5-4-6-8-13/h12-14H,4-11H2,1-3H3. The van der Waals surface area contributed by atoms with Crippen molar-refractivity contribution in [2.75, 3.05) is 26.7 Å². The second-order valence-electron chi connectivity index (χ2n) is 5.38. The van der Waals surface area contributed by atoms with Gasteiger partial charge in [0.05, 0.1) is 0 Å². The minimum Gasteiger partial charge on any atom is -0.313 e. The largest absolute Gasteiger partial charge is 0.313 e. The van der Waals surface area contributed by atoms with Crippen molar-refractivity contribution in [3.8, 4) is 0 Å². The van der Waals surface area contributed by atoms with E-state index in [0.717, 1.165) is 12.5 Å². The van der Waals surface area contributed by atoms with Crippen LogP contribution in [-0.2, 0) is 0 Å². The van der Waals surface area contributed by atoms with Gasteiger partial charge in [0.1, 0.15) is 0 Å². The van der Waals surface area contributed by atoms with E-state index < -0.39 is 0 Å². The van der Waals surface area contributed by atoms with Crippen LogP contribution in [-0.4, -0.2) is 37.6 Å². The lowest BCUT2D eigenvalue weighted by Gasteiger charge is -2.27. The minimum atomic E-state index is 0.619. The number of rotatable bonds is 6. The third-order valence-corrected chi connectivity index (χ3v) is 3.34.